The zero-order valence-electron chi connectivity index (χ0n) is 7.18. The highest BCUT2D eigenvalue weighted by molar-refractivity contribution is 7.99. The first kappa shape index (κ1) is 9.36. The maximum absolute atomic E-state index is 5.69. The second-order valence-electron chi connectivity index (χ2n) is 3.18. The lowest BCUT2D eigenvalue weighted by molar-refractivity contribution is 0.363. The van der Waals surface area contributed by atoms with E-state index in [1.54, 1.807) is 0 Å². The Balaban J connectivity index is 2.27. The molecule has 1 fully saturated rings. The van der Waals surface area contributed by atoms with Crippen molar-refractivity contribution in [3.8, 4) is 0 Å². The number of hydrogen-bond donors (Lipinski definition) is 2. The molecule has 0 saturated carbocycles. The van der Waals surface area contributed by atoms with E-state index in [0.29, 0.717) is 5.92 Å². The second-order valence-corrected chi connectivity index (χ2v) is 4.33. The minimum absolute atomic E-state index is 0.704. The third kappa shape index (κ3) is 2.65. The highest BCUT2D eigenvalue weighted by Gasteiger charge is 2.23. The molecular formula is C8H18N2S. The molecule has 2 nitrogen and oxygen atoms in total. The number of rotatable bonds is 4. The Morgan fingerprint density at radius 2 is 2.55 bits per heavy atom. The molecule has 0 spiro atoms. The van der Waals surface area contributed by atoms with E-state index in [4.69, 9.17) is 5.73 Å². The zero-order valence-corrected chi connectivity index (χ0v) is 7.99. The Bertz CT molecular complexity index is 102. The Hall–Kier alpha value is 0.270. The Kier molecular flexibility index (Phi) is 4.26. The SMILES string of the molecule is CNCC(CN)C1CCSC1. The predicted molar refractivity (Wildman–Crippen MR) is 51.9 cm³/mol. The Labute approximate surface area is 73.3 Å². The highest BCUT2D eigenvalue weighted by atomic mass is 32.2. The fourth-order valence-electron chi connectivity index (χ4n) is 1.63. The molecule has 66 valence electrons. The van der Waals surface area contributed by atoms with Crippen LogP contribution in [-0.2, 0) is 0 Å². The topological polar surface area (TPSA) is 38.0 Å². The van der Waals surface area contributed by atoms with E-state index in [1.165, 1.54) is 17.9 Å². The van der Waals surface area contributed by atoms with Crippen LogP contribution in [-0.4, -0.2) is 31.6 Å². The van der Waals surface area contributed by atoms with E-state index in [1.807, 2.05) is 7.05 Å². The summed E-state index contributed by atoms with van der Waals surface area (Å²) < 4.78 is 0. The fourth-order valence-corrected chi connectivity index (χ4v) is 3.01. The maximum atomic E-state index is 5.69. The van der Waals surface area contributed by atoms with Gasteiger partial charge in [0.1, 0.15) is 0 Å². The van der Waals surface area contributed by atoms with Crippen molar-refractivity contribution in [3.05, 3.63) is 0 Å². The standard InChI is InChI=1S/C8H18N2S/c1-10-5-8(4-9)7-2-3-11-6-7/h7-8,10H,2-6,9H2,1H3. The van der Waals surface area contributed by atoms with Gasteiger partial charge < -0.3 is 11.1 Å². The summed E-state index contributed by atoms with van der Waals surface area (Å²) in [5.74, 6) is 4.24. The van der Waals surface area contributed by atoms with Gasteiger partial charge in [0, 0.05) is 0 Å². The highest BCUT2D eigenvalue weighted by Crippen LogP contribution is 2.28. The van der Waals surface area contributed by atoms with Gasteiger partial charge in [-0.3, -0.25) is 0 Å². The molecule has 1 rings (SSSR count). The van der Waals surface area contributed by atoms with E-state index in [-0.39, 0.29) is 0 Å². The lowest BCUT2D eigenvalue weighted by atomic mass is 9.92. The first-order chi connectivity index (χ1) is 5.38. The molecule has 1 heterocycles. The van der Waals surface area contributed by atoms with Gasteiger partial charge in [-0.1, -0.05) is 0 Å². The monoisotopic (exact) mass is 174 g/mol. The van der Waals surface area contributed by atoms with Gasteiger partial charge in [-0.25, -0.2) is 0 Å². The molecule has 3 N–H and O–H groups in total. The van der Waals surface area contributed by atoms with E-state index in [2.05, 4.69) is 17.1 Å². The van der Waals surface area contributed by atoms with Crippen molar-refractivity contribution in [2.45, 2.75) is 6.42 Å². The van der Waals surface area contributed by atoms with Crippen molar-refractivity contribution in [1.82, 2.24) is 5.32 Å². The van der Waals surface area contributed by atoms with Crippen molar-refractivity contribution in [2.24, 2.45) is 17.6 Å². The minimum atomic E-state index is 0.704. The first-order valence-electron chi connectivity index (χ1n) is 4.31. The van der Waals surface area contributed by atoms with Crippen LogP contribution in [0.15, 0.2) is 0 Å². The molecule has 0 aromatic rings. The Morgan fingerprint density at radius 1 is 1.73 bits per heavy atom. The summed E-state index contributed by atoms with van der Waals surface area (Å²) in [6.07, 6.45) is 1.37. The van der Waals surface area contributed by atoms with Crippen LogP contribution in [0.3, 0.4) is 0 Å². The largest absolute Gasteiger partial charge is 0.330 e. The molecule has 1 aliphatic rings. The fraction of sp³-hybridized carbons (Fsp3) is 1.00. The molecular weight excluding hydrogens is 156 g/mol. The average Bonchev–Trinajstić information content (AvgIpc) is 2.52. The molecule has 0 aromatic heterocycles. The first-order valence-corrected chi connectivity index (χ1v) is 5.46. The summed E-state index contributed by atoms with van der Waals surface area (Å²) in [5, 5.41) is 3.21. The quantitative estimate of drug-likeness (QED) is 0.653. The van der Waals surface area contributed by atoms with Crippen molar-refractivity contribution in [2.75, 3.05) is 31.6 Å². The summed E-state index contributed by atoms with van der Waals surface area (Å²) in [6.45, 7) is 1.92. The molecule has 0 aromatic carbocycles. The normalized spacial score (nSPS) is 27.3. The van der Waals surface area contributed by atoms with Crippen LogP contribution < -0.4 is 11.1 Å². The maximum Gasteiger partial charge on any atom is -0.000850 e. The molecule has 0 bridgehead atoms. The van der Waals surface area contributed by atoms with Crippen molar-refractivity contribution in [3.63, 3.8) is 0 Å². The molecule has 2 unspecified atom stereocenters. The van der Waals surface area contributed by atoms with Crippen LogP contribution in [0.2, 0.25) is 0 Å². The number of nitrogens with two attached hydrogens (primary N) is 1. The molecule has 1 saturated heterocycles. The van der Waals surface area contributed by atoms with Gasteiger partial charge in [0.25, 0.3) is 0 Å². The van der Waals surface area contributed by atoms with Crippen LogP contribution in [0.4, 0.5) is 0 Å². The van der Waals surface area contributed by atoms with Crippen LogP contribution in [0, 0.1) is 11.8 Å². The van der Waals surface area contributed by atoms with Crippen molar-refractivity contribution >= 4 is 11.8 Å². The van der Waals surface area contributed by atoms with E-state index >= 15 is 0 Å². The van der Waals surface area contributed by atoms with Gasteiger partial charge in [0.05, 0.1) is 0 Å². The van der Waals surface area contributed by atoms with E-state index in [9.17, 15) is 0 Å². The van der Waals surface area contributed by atoms with Gasteiger partial charge in [-0.15, -0.1) is 0 Å². The smallest absolute Gasteiger partial charge is 0.000850 e. The minimum Gasteiger partial charge on any atom is -0.330 e. The van der Waals surface area contributed by atoms with Crippen LogP contribution in [0.5, 0.6) is 0 Å². The zero-order chi connectivity index (χ0) is 8.10. The Morgan fingerprint density at radius 3 is 3.00 bits per heavy atom. The molecule has 0 radical (unpaired) electrons. The summed E-state index contributed by atoms with van der Waals surface area (Å²) in [5.41, 5.74) is 5.69. The van der Waals surface area contributed by atoms with Gasteiger partial charge in [-0.2, -0.15) is 11.8 Å². The van der Waals surface area contributed by atoms with Gasteiger partial charge in [0.15, 0.2) is 0 Å². The molecule has 0 aliphatic carbocycles. The number of thioether (sulfide) groups is 1. The molecule has 3 heteroatoms. The van der Waals surface area contributed by atoms with Gasteiger partial charge >= 0.3 is 0 Å². The number of nitrogens with one attached hydrogen (secondary N) is 1. The van der Waals surface area contributed by atoms with Crippen LogP contribution in [0.1, 0.15) is 6.42 Å². The van der Waals surface area contributed by atoms with Gasteiger partial charge in [-0.05, 0) is 49.9 Å². The predicted octanol–water partition coefficient (Wildman–Crippen LogP) is 0.534. The summed E-state index contributed by atoms with van der Waals surface area (Å²) in [6, 6.07) is 0. The lowest BCUT2D eigenvalue weighted by Gasteiger charge is -2.20. The number of hydrogen-bond acceptors (Lipinski definition) is 3. The third-order valence-electron chi connectivity index (χ3n) is 2.40. The summed E-state index contributed by atoms with van der Waals surface area (Å²) in [7, 11) is 2.00. The van der Waals surface area contributed by atoms with Crippen molar-refractivity contribution < 1.29 is 0 Å². The average molecular weight is 174 g/mol. The van der Waals surface area contributed by atoms with E-state index in [0.717, 1.165) is 19.0 Å². The van der Waals surface area contributed by atoms with Crippen LogP contribution in [0.25, 0.3) is 0 Å². The molecule has 2 atom stereocenters. The summed E-state index contributed by atoms with van der Waals surface area (Å²) in [4.78, 5) is 0. The lowest BCUT2D eigenvalue weighted by Crippen LogP contribution is -2.32. The van der Waals surface area contributed by atoms with Crippen LogP contribution >= 0.6 is 11.8 Å². The molecule has 11 heavy (non-hydrogen) atoms. The molecule has 1 aliphatic heterocycles. The van der Waals surface area contributed by atoms with Crippen molar-refractivity contribution in [1.29, 1.82) is 0 Å². The summed E-state index contributed by atoms with van der Waals surface area (Å²) >= 11 is 2.07. The van der Waals surface area contributed by atoms with Gasteiger partial charge in [0.2, 0.25) is 0 Å². The molecule has 0 amide bonds. The third-order valence-corrected chi connectivity index (χ3v) is 3.59. The second kappa shape index (κ2) is 5.01. The van der Waals surface area contributed by atoms with E-state index < -0.39 is 0 Å².